The van der Waals surface area contributed by atoms with E-state index < -0.39 is 0 Å². The molecule has 0 spiro atoms. The number of hydrogen-bond acceptors (Lipinski definition) is 3. The normalized spacial score (nSPS) is 36.2. The second-order valence-electron chi connectivity index (χ2n) is 8.08. The predicted octanol–water partition coefficient (Wildman–Crippen LogP) is 2.98. The van der Waals surface area contributed by atoms with Crippen LogP contribution in [0.15, 0.2) is 0 Å². The maximum atomic E-state index is 9.50. The molecule has 0 N–H and O–H groups in total. The fourth-order valence-electron chi connectivity index (χ4n) is 3.98. The van der Waals surface area contributed by atoms with Crippen molar-refractivity contribution in [1.82, 2.24) is 9.80 Å². The first kappa shape index (κ1) is 15.8. The maximum Gasteiger partial charge on any atom is 0.0672 e. The zero-order valence-electron chi connectivity index (χ0n) is 13.9. The zero-order chi connectivity index (χ0) is 14.9. The molecular formula is C17H31N3. The number of hydrogen-bond donors (Lipinski definition) is 0. The largest absolute Gasteiger partial charge is 0.305 e. The highest BCUT2D eigenvalue weighted by Gasteiger charge is 2.40. The molecule has 20 heavy (non-hydrogen) atoms. The lowest BCUT2D eigenvalue weighted by atomic mass is 9.68. The fourth-order valence-corrected chi connectivity index (χ4v) is 3.98. The highest BCUT2D eigenvalue weighted by atomic mass is 15.2. The predicted molar refractivity (Wildman–Crippen MR) is 83.4 cm³/mol. The topological polar surface area (TPSA) is 30.3 Å². The van der Waals surface area contributed by atoms with E-state index in [0.29, 0.717) is 17.5 Å². The molecule has 3 heteroatoms. The molecule has 1 saturated carbocycles. The van der Waals surface area contributed by atoms with Crippen molar-refractivity contribution in [3.8, 4) is 6.07 Å². The third-order valence-corrected chi connectivity index (χ3v) is 5.60. The minimum atomic E-state index is 0.245. The Hall–Kier alpha value is -0.590. The van der Waals surface area contributed by atoms with Gasteiger partial charge in [0.05, 0.1) is 12.0 Å². The lowest BCUT2D eigenvalue weighted by molar-refractivity contribution is 0.0705. The Kier molecular flexibility index (Phi) is 4.76. The van der Waals surface area contributed by atoms with Gasteiger partial charge in [0.2, 0.25) is 0 Å². The Bertz CT molecular complexity index is 363. The summed E-state index contributed by atoms with van der Waals surface area (Å²) in [4.78, 5) is 4.95. The molecule has 0 aromatic heterocycles. The van der Waals surface area contributed by atoms with Crippen LogP contribution in [0.1, 0.15) is 46.5 Å². The molecule has 1 aliphatic carbocycles. The van der Waals surface area contributed by atoms with Gasteiger partial charge in [0.25, 0.3) is 0 Å². The lowest BCUT2D eigenvalue weighted by Gasteiger charge is -2.43. The molecule has 2 aliphatic rings. The van der Waals surface area contributed by atoms with E-state index in [1.54, 1.807) is 0 Å². The van der Waals surface area contributed by atoms with E-state index in [1.807, 2.05) is 0 Å². The van der Waals surface area contributed by atoms with E-state index in [0.717, 1.165) is 18.9 Å². The summed E-state index contributed by atoms with van der Waals surface area (Å²) in [5.41, 5.74) is 0.374. The van der Waals surface area contributed by atoms with Gasteiger partial charge in [0.1, 0.15) is 0 Å². The second-order valence-corrected chi connectivity index (χ2v) is 8.08. The first-order valence-corrected chi connectivity index (χ1v) is 8.13. The van der Waals surface area contributed by atoms with Crippen molar-refractivity contribution in [2.24, 2.45) is 17.3 Å². The fraction of sp³-hybridized carbons (Fsp3) is 0.941. The van der Waals surface area contributed by atoms with Crippen LogP contribution in [0.2, 0.25) is 0 Å². The van der Waals surface area contributed by atoms with Crippen LogP contribution in [-0.4, -0.2) is 49.1 Å². The second kappa shape index (κ2) is 6.03. The van der Waals surface area contributed by atoms with Crippen molar-refractivity contribution in [2.75, 3.05) is 27.2 Å². The molecule has 0 aromatic carbocycles. The first-order valence-electron chi connectivity index (χ1n) is 8.13. The summed E-state index contributed by atoms with van der Waals surface area (Å²) in [6.07, 6.45) is 4.78. The summed E-state index contributed by atoms with van der Waals surface area (Å²) in [6, 6.07) is 3.75. The molecule has 2 fully saturated rings. The molecule has 1 heterocycles. The molecule has 114 valence electrons. The standard InChI is InChI=1S/C17H31N3/c1-17(2,3)14-7-6-13(11-18)16(10-14)20-9-8-15(12-20)19(4)5/h13-16H,6-10,12H2,1-5H3. The van der Waals surface area contributed by atoms with Crippen molar-refractivity contribution in [3.63, 3.8) is 0 Å². The van der Waals surface area contributed by atoms with E-state index in [1.165, 1.54) is 25.8 Å². The minimum Gasteiger partial charge on any atom is -0.305 e. The SMILES string of the molecule is CN(C)C1CCN(C2CC(C(C)(C)C)CCC2C#N)C1. The molecule has 4 unspecified atom stereocenters. The van der Waals surface area contributed by atoms with Gasteiger partial charge in [-0.1, -0.05) is 20.8 Å². The van der Waals surface area contributed by atoms with Crippen molar-refractivity contribution in [2.45, 2.75) is 58.5 Å². The van der Waals surface area contributed by atoms with Crippen molar-refractivity contribution >= 4 is 0 Å². The van der Waals surface area contributed by atoms with Gasteiger partial charge in [0, 0.05) is 25.2 Å². The van der Waals surface area contributed by atoms with Gasteiger partial charge < -0.3 is 4.90 Å². The molecule has 1 saturated heterocycles. The molecule has 0 amide bonds. The van der Waals surface area contributed by atoms with E-state index in [2.05, 4.69) is 50.7 Å². The smallest absolute Gasteiger partial charge is 0.0672 e. The van der Waals surface area contributed by atoms with Crippen molar-refractivity contribution in [3.05, 3.63) is 0 Å². The molecule has 3 nitrogen and oxygen atoms in total. The van der Waals surface area contributed by atoms with Gasteiger partial charge in [-0.15, -0.1) is 0 Å². The van der Waals surface area contributed by atoms with Crippen molar-refractivity contribution in [1.29, 1.82) is 5.26 Å². The Morgan fingerprint density at radius 2 is 1.85 bits per heavy atom. The summed E-state index contributed by atoms with van der Waals surface area (Å²) >= 11 is 0. The Labute approximate surface area is 124 Å². The molecule has 0 radical (unpaired) electrons. The lowest BCUT2D eigenvalue weighted by Crippen LogP contribution is -2.46. The summed E-state index contributed by atoms with van der Waals surface area (Å²) in [5, 5.41) is 9.50. The quantitative estimate of drug-likeness (QED) is 0.777. The van der Waals surface area contributed by atoms with Gasteiger partial charge in [0.15, 0.2) is 0 Å². The van der Waals surface area contributed by atoms with Crippen LogP contribution >= 0.6 is 0 Å². The molecule has 4 atom stereocenters. The van der Waals surface area contributed by atoms with Gasteiger partial charge in [-0.3, -0.25) is 4.90 Å². The van der Waals surface area contributed by atoms with Crippen molar-refractivity contribution < 1.29 is 0 Å². The average molecular weight is 277 g/mol. The number of likely N-dealkylation sites (tertiary alicyclic amines) is 1. The van der Waals surface area contributed by atoms with Crippen LogP contribution < -0.4 is 0 Å². The van der Waals surface area contributed by atoms with Gasteiger partial charge >= 0.3 is 0 Å². The molecule has 0 aromatic rings. The third-order valence-electron chi connectivity index (χ3n) is 5.60. The molecular weight excluding hydrogens is 246 g/mol. The summed E-state index contributed by atoms with van der Waals surface area (Å²) < 4.78 is 0. The zero-order valence-corrected chi connectivity index (χ0v) is 13.9. The van der Waals surface area contributed by atoms with E-state index in [9.17, 15) is 5.26 Å². The van der Waals surface area contributed by atoms with Crippen LogP contribution in [0.4, 0.5) is 0 Å². The number of nitrogens with zero attached hydrogens (tertiary/aromatic N) is 3. The van der Waals surface area contributed by atoms with Crippen LogP contribution in [0.5, 0.6) is 0 Å². The average Bonchev–Trinajstić information content (AvgIpc) is 2.86. The molecule has 0 bridgehead atoms. The number of rotatable bonds is 2. The Balaban J connectivity index is 2.05. The minimum absolute atomic E-state index is 0.245. The number of likely N-dealkylation sites (N-methyl/N-ethyl adjacent to an activating group) is 1. The Morgan fingerprint density at radius 1 is 1.15 bits per heavy atom. The highest BCUT2D eigenvalue weighted by Crippen LogP contribution is 2.42. The highest BCUT2D eigenvalue weighted by molar-refractivity contribution is 5.01. The summed E-state index contributed by atoms with van der Waals surface area (Å²) in [7, 11) is 4.35. The Morgan fingerprint density at radius 3 is 2.35 bits per heavy atom. The molecule has 1 aliphatic heterocycles. The van der Waals surface area contributed by atoms with Gasteiger partial charge in [-0.05, 0) is 51.1 Å². The number of nitriles is 1. The van der Waals surface area contributed by atoms with Gasteiger partial charge in [-0.2, -0.15) is 5.26 Å². The summed E-state index contributed by atoms with van der Waals surface area (Å²) in [6.45, 7) is 9.38. The van der Waals surface area contributed by atoms with E-state index >= 15 is 0 Å². The van der Waals surface area contributed by atoms with Crippen LogP contribution in [-0.2, 0) is 0 Å². The monoisotopic (exact) mass is 277 g/mol. The first-order chi connectivity index (χ1) is 9.32. The van der Waals surface area contributed by atoms with E-state index in [-0.39, 0.29) is 5.92 Å². The van der Waals surface area contributed by atoms with Crippen LogP contribution in [0.25, 0.3) is 0 Å². The molecule has 2 rings (SSSR count). The van der Waals surface area contributed by atoms with E-state index in [4.69, 9.17) is 0 Å². The maximum absolute atomic E-state index is 9.50. The van der Waals surface area contributed by atoms with Crippen LogP contribution in [0, 0.1) is 28.6 Å². The van der Waals surface area contributed by atoms with Gasteiger partial charge in [-0.25, -0.2) is 0 Å². The van der Waals surface area contributed by atoms with Crippen LogP contribution in [0.3, 0.4) is 0 Å². The summed E-state index contributed by atoms with van der Waals surface area (Å²) in [5.74, 6) is 1.00. The third kappa shape index (κ3) is 3.35.